The summed E-state index contributed by atoms with van der Waals surface area (Å²) in [6.45, 7) is 0. The van der Waals surface area contributed by atoms with Crippen molar-refractivity contribution in [2.75, 3.05) is 12.4 Å². The van der Waals surface area contributed by atoms with Crippen LogP contribution in [-0.2, 0) is 0 Å². The van der Waals surface area contributed by atoms with Crippen molar-refractivity contribution < 1.29 is 0 Å². The third-order valence-electron chi connectivity index (χ3n) is 1.22. The summed E-state index contributed by atoms with van der Waals surface area (Å²) < 4.78 is 0. The summed E-state index contributed by atoms with van der Waals surface area (Å²) in [6, 6.07) is 0. The van der Waals surface area contributed by atoms with Crippen molar-refractivity contribution in [3.63, 3.8) is 0 Å². The zero-order valence-corrected chi connectivity index (χ0v) is 6.68. The van der Waals surface area contributed by atoms with Gasteiger partial charge in [-0.1, -0.05) is 11.6 Å². The lowest BCUT2D eigenvalue weighted by Gasteiger charge is -2.03. The average molecular weight is 171 g/mol. The predicted molar refractivity (Wildman–Crippen MR) is 44.5 cm³/mol. The van der Waals surface area contributed by atoms with Crippen LogP contribution in [0.1, 0.15) is 5.69 Å². The van der Waals surface area contributed by atoms with E-state index in [0.717, 1.165) is 6.21 Å². The molecule has 1 heterocycles. The number of anilines is 1. The molecule has 0 unspecified atom stereocenters. The van der Waals surface area contributed by atoms with E-state index in [2.05, 4.69) is 15.3 Å². The molecule has 0 amide bonds. The topological polar surface area (TPSA) is 61.7 Å². The molecule has 0 atom stereocenters. The normalized spacial score (nSPS) is 9.27. The molecule has 0 aliphatic heterocycles. The van der Waals surface area contributed by atoms with Gasteiger partial charge in [-0.15, -0.1) is 0 Å². The van der Waals surface area contributed by atoms with E-state index >= 15 is 0 Å². The van der Waals surface area contributed by atoms with Crippen LogP contribution in [0.25, 0.3) is 0 Å². The average Bonchev–Trinajstić information content (AvgIpc) is 2.04. The molecule has 0 aliphatic rings. The van der Waals surface area contributed by atoms with Crippen molar-refractivity contribution in [3.05, 3.63) is 17.2 Å². The van der Waals surface area contributed by atoms with E-state index in [0.29, 0.717) is 16.5 Å². The van der Waals surface area contributed by atoms with Gasteiger partial charge in [-0.3, -0.25) is 0 Å². The first-order chi connectivity index (χ1) is 5.29. The zero-order valence-electron chi connectivity index (χ0n) is 5.93. The van der Waals surface area contributed by atoms with Gasteiger partial charge in [-0.2, -0.15) is 0 Å². The Labute approximate surface area is 69.1 Å². The van der Waals surface area contributed by atoms with Crippen LogP contribution in [0.15, 0.2) is 6.33 Å². The maximum Gasteiger partial charge on any atom is 0.156 e. The van der Waals surface area contributed by atoms with Gasteiger partial charge in [-0.05, 0) is 0 Å². The Kier molecular flexibility index (Phi) is 2.38. The molecule has 2 N–H and O–H groups in total. The molecule has 0 saturated heterocycles. The number of nitrogens with zero attached hydrogens (tertiary/aromatic N) is 2. The van der Waals surface area contributed by atoms with Gasteiger partial charge in [0.1, 0.15) is 12.0 Å². The molecule has 0 radical (unpaired) electrons. The van der Waals surface area contributed by atoms with Crippen molar-refractivity contribution in [3.8, 4) is 0 Å². The van der Waals surface area contributed by atoms with Gasteiger partial charge in [0.15, 0.2) is 5.15 Å². The Bertz CT molecular complexity index is 273. The van der Waals surface area contributed by atoms with E-state index in [1.54, 1.807) is 7.05 Å². The Hall–Kier alpha value is -1.16. The van der Waals surface area contributed by atoms with Crippen LogP contribution in [0.4, 0.5) is 5.69 Å². The SMILES string of the molecule is CNc1c(Cl)ncnc1C=N. The molecule has 11 heavy (non-hydrogen) atoms. The van der Waals surface area contributed by atoms with Crippen LogP contribution in [0.3, 0.4) is 0 Å². The smallest absolute Gasteiger partial charge is 0.156 e. The Morgan fingerprint density at radius 1 is 1.64 bits per heavy atom. The zero-order chi connectivity index (χ0) is 8.27. The molecule has 0 fully saturated rings. The fraction of sp³-hybridized carbons (Fsp3) is 0.167. The number of halogens is 1. The molecule has 58 valence electrons. The molecular weight excluding hydrogens is 164 g/mol. The predicted octanol–water partition coefficient (Wildman–Crippen LogP) is 1.17. The monoisotopic (exact) mass is 170 g/mol. The lowest BCUT2D eigenvalue weighted by atomic mass is 10.3. The largest absolute Gasteiger partial charge is 0.384 e. The van der Waals surface area contributed by atoms with Gasteiger partial charge in [0.25, 0.3) is 0 Å². The Balaban J connectivity index is 3.23. The van der Waals surface area contributed by atoms with E-state index in [1.807, 2.05) is 0 Å². The van der Waals surface area contributed by atoms with E-state index in [9.17, 15) is 0 Å². The van der Waals surface area contributed by atoms with Gasteiger partial charge >= 0.3 is 0 Å². The van der Waals surface area contributed by atoms with E-state index in [1.165, 1.54) is 6.33 Å². The second-order valence-electron chi connectivity index (χ2n) is 1.82. The summed E-state index contributed by atoms with van der Waals surface area (Å²) >= 11 is 5.69. The maximum atomic E-state index is 6.97. The van der Waals surface area contributed by atoms with E-state index in [4.69, 9.17) is 17.0 Å². The summed E-state index contributed by atoms with van der Waals surface area (Å²) in [5.41, 5.74) is 1.08. The molecule has 0 aromatic carbocycles. The highest BCUT2D eigenvalue weighted by Crippen LogP contribution is 2.18. The molecule has 1 aromatic rings. The van der Waals surface area contributed by atoms with Gasteiger partial charge < -0.3 is 10.7 Å². The van der Waals surface area contributed by atoms with Crippen LogP contribution < -0.4 is 5.32 Å². The molecule has 5 heteroatoms. The number of nitrogens with one attached hydrogen (secondary N) is 2. The van der Waals surface area contributed by atoms with E-state index in [-0.39, 0.29) is 0 Å². The minimum atomic E-state index is 0.334. The van der Waals surface area contributed by atoms with Gasteiger partial charge in [0, 0.05) is 13.3 Å². The fourth-order valence-electron chi connectivity index (χ4n) is 0.717. The van der Waals surface area contributed by atoms with Gasteiger partial charge in [0.05, 0.1) is 5.69 Å². The summed E-state index contributed by atoms with van der Waals surface area (Å²) in [4.78, 5) is 7.57. The minimum absolute atomic E-state index is 0.334. The first-order valence-electron chi connectivity index (χ1n) is 2.98. The second-order valence-corrected chi connectivity index (χ2v) is 2.18. The Morgan fingerprint density at radius 3 is 2.82 bits per heavy atom. The molecule has 0 bridgehead atoms. The highest BCUT2D eigenvalue weighted by Gasteiger charge is 2.03. The number of aromatic nitrogens is 2. The van der Waals surface area contributed by atoms with Crippen molar-refractivity contribution in [1.29, 1.82) is 5.41 Å². The number of hydrogen-bond donors (Lipinski definition) is 2. The van der Waals surface area contributed by atoms with Crippen LogP contribution >= 0.6 is 11.6 Å². The summed E-state index contributed by atoms with van der Waals surface area (Å²) in [5, 5.41) is 10.1. The summed E-state index contributed by atoms with van der Waals surface area (Å²) in [6.07, 6.45) is 2.45. The first-order valence-corrected chi connectivity index (χ1v) is 3.36. The van der Waals surface area contributed by atoms with Gasteiger partial charge in [0.2, 0.25) is 0 Å². The quantitative estimate of drug-likeness (QED) is 0.518. The van der Waals surface area contributed by atoms with Crippen molar-refractivity contribution in [1.82, 2.24) is 9.97 Å². The molecule has 1 aromatic heterocycles. The van der Waals surface area contributed by atoms with Crippen molar-refractivity contribution in [2.45, 2.75) is 0 Å². The standard InChI is InChI=1S/C6H7ClN4/c1-9-5-4(2-8)10-3-11-6(5)7/h2-3,8-9H,1H3. The minimum Gasteiger partial charge on any atom is -0.384 e. The van der Waals surface area contributed by atoms with Crippen molar-refractivity contribution >= 4 is 23.5 Å². The molecule has 4 nitrogen and oxygen atoms in total. The van der Waals surface area contributed by atoms with Crippen LogP contribution in [-0.4, -0.2) is 23.2 Å². The molecule has 0 saturated carbocycles. The third kappa shape index (κ3) is 1.46. The first kappa shape index (κ1) is 7.94. The highest BCUT2D eigenvalue weighted by atomic mass is 35.5. The lowest BCUT2D eigenvalue weighted by Crippen LogP contribution is -1.99. The van der Waals surface area contributed by atoms with Crippen molar-refractivity contribution in [2.24, 2.45) is 0 Å². The Morgan fingerprint density at radius 2 is 2.36 bits per heavy atom. The third-order valence-corrected chi connectivity index (χ3v) is 1.50. The highest BCUT2D eigenvalue weighted by molar-refractivity contribution is 6.32. The van der Waals surface area contributed by atoms with Gasteiger partial charge in [-0.25, -0.2) is 9.97 Å². The number of rotatable bonds is 2. The summed E-state index contributed by atoms with van der Waals surface area (Å²) in [5.74, 6) is 0. The van der Waals surface area contributed by atoms with Crippen LogP contribution in [0.2, 0.25) is 5.15 Å². The lowest BCUT2D eigenvalue weighted by molar-refractivity contribution is 1.15. The summed E-state index contributed by atoms with van der Waals surface area (Å²) in [7, 11) is 1.71. The van der Waals surface area contributed by atoms with E-state index < -0.39 is 0 Å². The number of hydrogen-bond acceptors (Lipinski definition) is 4. The van der Waals surface area contributed by atoms with Crippen LogP contribution in [0, 0.1) is 5.41 Å². The maximum absolute atomic E-state index is 6.97. The second kappa shape index (κ2) is 3.30. The van der Waals surface area contributed by atoms with Crippen LogP contribution in [0.5, 0.6) is 0 Å². The fourth-order valence-corrected chi connectivity index (χ4v) is 0.952. The molecule has 0 spiro atoms. The molecule has 0 aliphatic carbocycles. The molecule has 1 rings (SSSR count). The molecular formula is C6H7ClN4.